The molecule has 0 aromatic rings. The predicted octanol–water partition coefficient (Wildman–Crippen LogP) is 7.67. The summed E-state index contributed by atoms with van der Waals surface area (Å²) in [6.45, 7) is 24.3. The van der Waals surface area contributed by atoms with Gasteiger partial charge in [0.1, 0.15) is 0 Å². The molecular weight excluding hydrogens is 308 g/mol. The van der Waals surface area contributed by atoms with Crippen LogP contribution in [0, 0.1) is 5.41 Å². The first-order valence-electron chi connectivity index (χ1n) is 9.85. The second-order valence-corrected chi connectivity index (χ2v) is 12.5. The van der Waals surface area contributed by atoms with Crippen molar-refractivity contribution in [3.8, 4) is 0 Å². The molecule has 0 aliphatic rings. The molecule has 140 valence electrons. The molecule has 0 rings (SSSR count). The lowest BCUT2D eigenvalue weighted by Crippen LogP contribution is -2.40. The molecule has 0 heterocycles. The van der Waals surface area contributed by atoms with E-state index in [0.717, 1.165) is 32.3 Å². The third-order valence-electron chi connectivity index (χ3n) is 5.59. The van der Waals surface area contributed by atoms with Gasteiger partial charge in [0.2, 0.25) is 0 Å². The third-order valence-corrected chi connectivity index (χ3v) is 10.2. The number of hydrogen-bond acceptors (Lipinski definition) is 1. The van der Waals surface area contributed by atoms with Gasteiger partial charge in [-0.25, -0.2) is 0 Å². The lowest BCUT2D eigenvalue weighted by molar-refractivity contribution is 0.154. The fourth-order valence-electron chi connectivity index (χ4n) is 3.37. The van der Waals surface area contributed by atoms with Crippen LogP contribution in [0.25, 0.3) is 0 Å². The second-order valence-electron chi connectivity index (χ2n) is 7.72. The minimum atomic E-state index is -1.55. The summed E-state index contributed by atoms with van der Waals surface area (Å²) in [6, 6.07) is 3.64. The summed E-state index contributed by atoms with van der Waals surface area (Å²) >= 11 is 0. The molecule has 0 N–H and O–H groups in total. The summed E-state index contributed by atoms with van der Waals surface area (Å²) in [5.41, 5.74) is 2.66. The molecule has 0 aliphatic carbocycles. The highest BCUT2D eigenvalue weighted by Gasteiger charge is 2.34. The molecule has 0 spiro atoms. The maximum atomic E-state index is 6.67. The SMILES string of the molecule is C=CC(CCCC(=C)C)(CCCC(=C)C)CO[Si](CC)(CC)CC. The molecule has 0 saturated heterocycles. The molecule has 0 atom stereocenters. The standard InChI is InChI=1S/C22H42OSi/c1-9-22(17-13-15-20(5)6,18-14-16-21(7)8)19-23-24(10-2,11-3)12-4/h9H,1,5,7,10-19H2,2-4,6,8H3. The highest BCUT2D eigenvalue weighted by atomic mass is 28.4. The van der Waals surface area contributed by atoms with Crippen LogP contribution in [0.2, 0.25) is 18.1 Å². The van der Waals surface area contributed by atoms with E-state index in [-0.39, 0.29) is 5.41 Å². The number of rotatable bonds is 15. The Labute approximate surface area is 153 Å². The average molecular weight is 351 g/mol. The lowest BCUT2D eigenvalue weighted by atomic mass is 9.78. The van der Waals surface area contributed by atoms with Crippen LogP contribution >= 0.6 is 0 Å². The molecule has 0 fully saturated rings. The first-order valence-corrected chi connectivity index (χ1v) is 12.4. The van der Waals surface area contributed by atoms with Crippen LogP contribution in [0.5, 0.6) is 0 Å². The second kappa shape index (κ2) is 11.9. The maximum Gasteiger partial charge on any atom is 0.192 e. The van der Waals surface area contributed by atoms with Crippen LogP contribution in [-0.4, -0.2) is 14.9 Å². The van der Waals surface area contributed by atoms with Crippen molar-refractivity contribution in [3.63, 3.8) is 0 Å². The Balaban J connectivity index is 5.00. The topological polar surface area (TPSA) is 9.23 Å². The van der Waals surface area contributed by atoms with Crippen molar-refractivity contribution in [2.75, 3.05) is 6.61 Å². The van der Waals surface area contributed by atoms with Gasteiger partial charge in [-0.2, -0.15) is 0 Å². The maximum absolute atomic E-state index is 6.67. The Morgan fingerprint density at radius 1 is 0.917 bits per heavy atom. The summed E-state index contributed by atoms with van der Waals surface area (Å²) in [7, 11) is -1.55. The molecule has 24 heavy (non-hydrogen) atoms. The lowest BCUT2D eigenvalue weighted by Gasteiger charge is -2.37. The van der Waals surface area contributed by atoms with Crippen LogP contribution in [0.15, 0.2) is 37.0 Å². The summed E-state index contributed by atoms with van der Waals surface area (Å²) < 4.78 is 6.67. The van der Waals surface area contributed by atoms with Crippen LogP contribution in [-0.2, 0) is 4.43 Å². The molecule has 1 nitrogen and oxygen atoms in total. The van der Waals surface area contributed by atoms with Gasteiger partial charge in [0.15, 0.2) is 8.32 Å². The van der Waals surface area contributed by atoms with E-state index in [0.29, 0.717) is 0 Å². The largest absolute Gasteiger partial charge is 0.416 e. The summed E-state index contributed by atoms with van der Waals surface area (Å²) in [5.74, 6) is 0. The molecule has 0 aromatic carbocycles. The number of hydrogen-bond donors (Lipinski definition) is 0. The third kappa shape index (κ3) is 8.48. The molecule has 2 heteroatoms. The monoisotopic (exact) mass is 350 g/mol. The summed E-state index contributed by atoms with van der Waals surface area (Å²) in [4.78, 5) is 0. The van der Waals surface area contributed by atoms with Crippen LogP contribution in [0.4, 0.5) is 0 Å². The van der Waals surface area contributed by atoms with Crippen molar-refractivity contribution in [2.24, 2.45) is 5.41 Å². The van der Waals surface area contributed by atoms with E-state index >= 15 is 0 Å². The molecule has 0 bridgehead atoms. The van der Waals surface area contributed by atoms with Gasteiger partial charge >= 0.3 is 0 Å². The average Bonchev–Trinajstić information content (AvgIpc) is 2.55. The van der Waals surface area contributed by atoms with Crippen LogP contribution in [0.3, 0.4) is 0 Å². The Morgan fingerprint density at radius 3 is 1.62 bits per heavy atom. The minimum Gasteiger partial charge on any atom is -0.416 e. The van der Waals surface area contributed by atoms with Gasteiger partial charge in [-0.1, -0.05) is 38.0 Å². The van der Waals surface area contributed by atoms with E-state index in [9.17, 15) is 0 Å². The van der Waals surface area contributed by atoms with Gasteiger partial charge in [0.25, 0.3) is 0 Å². The fourth-order valence-corrected chi connectivity index (χ4v) is 6.08. The van der Waals surface area contributed by atoms with Crippen LogP contribution in [0.1, 0.15) is 73.1 Å². The van der Waals surface area contributed by atoms with Crippen molar-refractivity contribution in [1.29, 1.82) is 0 Å². The zero-order chi connectivity index (χ0) is 18.6. The van der Waals surface area contributed by atoms with Gasteiger partial charge in [0, 0.05) is 12.0 Å². The first kappa shape index (κ1) is 23.4. The molecule has 0 saturated carbocycles. The van der Waals surface area contributed by atoms with Gasteiger partial charge < -0.3 is 4.43 Å². The Morgan fingerprint density at radius 2 is 1.33 bits per heavy atom. The molecular formula is C22H42OSi. The van der Waals surface area contributed by atoms with Crippen molar-refractivity contribution < 1.29 is 4.43 Å². The van der Waals surface area contributed by atoms with Gasteiger partial charge in [0.05, 0.1) is 0 Å². The molecule has 0 radical (unpaired) electrons. The van der Waals surface area contributed by atoms with E-state index in [2.05, 4.69) is 60.4 Å². The molecule has 0 amide bonds. The van der Waals surface area contributed by atoms with Gasteiger partial charge in [-0.05, 0) is 70.5 Å². The fraction of sp³-hybridized carbons (Fsp3) is 0.727. The molecule has 0 aromatic heterocycles. The smallest absolute Gasteiger partial charge is 0.192 e. The van der Waals surface area contributed by atoms with Gasteiger partial charge in [-0.3, -0.25) is 0 Å². The molecule has 0 unspecified atom stereocenters. The zero-order valence-corrected chi connectivity index (χ0v) is 18.2. The predicted molar refractivity (Wildman–Crippen MR) is 113 cm³/mol. The Kier molecular flexibility index (Phi) is 11.6. The highest BCUT2D eigenvalue weighted by molar-refractivity contribution is 6.73. The zero-order valence-electron chi connectivity index (χ0n) is 17.2. The first-order chi connectivity index (χ1) is 11.3. The summed E-state index contributed by atoms with van der Waals surface area (Å²) in [5, 5.41) is 0. The van der Waals surface area contributed by atoms with Crippen molar-refractivity contribution in [1.82, 2.24) is 0 Å². The van der Waals surface area contributed by atoms with E-state index in [1.165, 1.54) is 42.1 Å². The quantitative estimate of drug-likeness (QED) is 0.217. The highest BCUT2D eigenvalue weighted by Crippen LogP contribution is 2.36. The molecule has 0 aliphatic heterocycles. The van der Waals surface area contributed by atoms with E-state index in [4.69, 9.17) is 4.43 Å². The number of allylic oxidation sites excluding steroid dienone is 2. The van der Waals surface area contributed by atoms with Gasteiger partial charge in [-0.15, -0.1) is 19.7 Å². The van der Waals surface area contributed by atoms with E-state index in [1.807, 2.05) is 0 Å². The Hall–Kier alpha value is -0.603. The van der Waals surface area contributed by atoms with E-state index in [1.54, 1.807) is 0 Å². The van der Waals surface area contributed by atoms with Crippen molar-refractivity contribution in [3.05, 3.63) is 37.0 Å². The van der Waals surface area contributed by atoms with Crippen LogP contribution < -0.4 is 0 Å². The normalized spacial score (nSPS) is 12.2. The van der Waals surface area contributed by atoms with Crippen molar-refractivity contribution in [2.45, 2.75) is 91.3 Å². The van der Waals surface area contributed by atoms with Crippen molar-refractivity contribution >= 4 is 8.32 Å². The summed E-state index contributed by atoms with van der Waals surface area (Å²) in [6.07, 6.45) is 9.06. The van der Waals surface area contributed by atoms with E-state index < -0.39 is 8.32 Å². The Bertz CT molecular complexity index is 365. The minimum absolute atomic E-state index is 0.114.